The lowest BCUT2D eigenvalue weighted by Gasteiger charge is -2.10. The van der Waals surface area contributed by atoms with Gasteiger partial charge in [0.2, 0.25) is 0 Å². The van der Waals surface area contributed by atoms with Crippen LogP contribution in [0.1, 0.15) is 5.56 Å². The normalized spacial score (nSPS) is 10.6. The van der Waals surface area contributed by atoms with Crippen LogP contribution < -0.4 is 5.32 Å². The quantitative estimate of drug-likeness (QED) is 0.685. The second kappa shape index (κ2) is 4.57. The Hall–Kier alpha value is -2.62. The van der Waals surface area contributed by atoms with Gasteiger partial charge in [0.25, 0.3) is 0 Å². The maximum Gasteiger partial charge on any atom is 0.141 e. The first-order valence-electron chi connectivity index (χ1n) is 6.00. The summed E-state index contributed by atoms with van der Waals surface area (Å²) in [5.41, 5.74) is 2.78. The van der Waals surface area contributed by atoms with Crippen molar-refractivity contribution in [3.05, 3.63) is 54.4 Å². The number of hydrogen-bond acceptors (Lipinski definition) is 4. The van der Waals surface area contributed by atoms with Crippen LogP contribution in [-0.2, 0) is 0 Å². The first-order valence-corrected chi connectivity index (χ1v) is 6.00. The van der Waals surface area contributed by atoms with Crippen molar-refractivity contribution in [2.75, 3.05) is 5.32 Å². The van der Waals surface area contributed by atoms with E-state index in [2.05, 4.69) is 15.3 Å². The average molecular weight is 251 g/mol. The molecule has 94 valence electrons. The SMILES string of the molecule is Cc1cc(O)ccc1Nc1ncnc2ccccc12. The summed E-state index contributed by atoms with van der Waals surface area (Å²) in [6.45, 7) is 1.94. The summed E-state index contributed by atoms with van der Waals surface area (Å²) in [6, 6.07) is 13.0. The molecule has 2 aromatic carbocycles. The summed E-state index contributed by atoms with van der Waals surface area (Å²) in [5.74, 6) is 1.02. The third-order valence-corrected chi connectivity index (χ3v) is 3.01. The van der Waals surface area contributed by atoms with Gasteiger partial charge in [-0.1, -0.05) is 12.1 Å². The van der Waals surface area contributed by atoms with Crippen LogP contribution >= 0.6 is 0 Å². The van der Waals surface area contributed by atoms with E-state index in [0.717, 1.165) is 28.0 Å². The molecule has 1 aromatic heterocycles. The monoisotopic (exact) mass is 251 g/mol. The zero-order valence-corrected chi connectivity index (χ0v) is 10.5. The highest BCUT2D eigenvalue weighted by Crippen LogP contribution is 2.26. The predicted octanol–water partition coefficient (Wildman–Crippen LogP) is 3.39. The number of aryl methyl sites for hydroxylation is 1. The number of aromatic hydroxyl groups is 1. The van der Waals surface area contributed by atoms with Gasteiger partial charge in [-0.25, -0.2) is 9.97 Å². The molecule has 0 bridgehead atoms. The first-order chi connectivity index (χ1) is 9.24. The molecule has 0 aliphatic heterocycles. The lowest BCUT2D eigenvalue weighted by atomic mass is 10.2. The van der Waals surface area contributed by atoms with Gasteiger partial charge >= 0.3 is 0 Å². The van der Waals surface area contributed by atoms with Crippen LogP contribution in [0.2, 0.25) is 0 Å². The number of fused-ring (bicyclic) bond motifs is 1. The van der Waals surface area contributed by atoms with E-state index < -0.39 is 0 Å². The molecule has 4 nitrogen and oxygen atoms in total. The molecule has 0 atom stereocenters. The number of hydrogen-bond donors (Lipinski definition) is 2. The molecule has 3 aromatic rings. The van der Waals surface area contributed by atoms with Crippen LogP contribution in [-0.4, -0.2) is 15.1 Å². The van der Waals surface area contributed by atoms with E-state index in [0.29, 0.717) is 0 Å². The molecule has 0 fully saturated rings. The summed E-state index contributed by atoms with van der Waals surface area (Å²) in [4.78, 5) is 8.51. The maximum absolute atomic E-state index is 9.42. The molecule has 0 aliphatic rings. The number of para-hydroxylation sites is 1. The van der Waals surface area contributed by atoms with Crippen molar-refractivity contribution >= 4 is 22.4 Å². The number of nitrogens with zero attached hydrogens (tertiary/aromatic N) is 2. The smallest absolute Gasteiger partial charge is 0.141 e. The van der Waals surface area contributed by atoms with E-state index in [4.69, 9.17) is 0 Å². The lowest BCUT2D eigenvalue weighted by molar-refractivity contribution is 0.475. The minimum absolute atomic E-state index is 0.260. The van der Waals surface area contributed by atoms with Crippen LogP contribution in [0.3, 0.4) is 0 Å². The highest BCUT2D eigenvalue weighted by Gasteiger charge is 2.05. The molecule has 0 radical (unpaired) electrons. The fourth-order valence-electron chi connectivity index (χ4n) is 2.02. The Morgan fingerprint density at radius 3 is 2.74 bits per heavy atom. The molecule has 2 N–H and O–H groups in total. The van der Waals surface area contributed by atoms with Gasteiger partial charge in [-0.05, 0) is 42.8 Å². The summed E-state index contributed by atoms with van der Waals surface area (Å²) in [5, 5.41) is 13.7. The number of benzene rings is 2. The number of nitrogens with one attached hydrogen (secondary N) is 1. The fraction of sp³-hybridized carbons (Fsp3) is 0.0667. The molecule has 3 rings (SSSR count). The van der Waals surface area contributed by atoms with Crippen LogP contribution in [0.4, 0.5) is 11.5 Å². The molecule has 0 spiro atoms. The third kappa shape index (κ3) is 2.20. The van der Waals surface area contributed by atoms with E-state index in [-0.39, 0.29) is 5.75 Å². The second-order valence-electron chi connectivity index (χ2n) is 4.36. The Kier molecular flexibility index (Phi) is 2.76. The summed E-state index contributed by atoms with van der Waals surface area (Å²) in [7, 11) is 0. The zero-order chi connectivity index (χ0) is 13.2. The van der Waals surface area contributed by atoms with Crippen molar-refractivity contribution < 1.29 is 5.11 Å². The second-order valence-corrected chi connectivity index (χ2v) is 4.36. The van der Waals surface area contributed by atoms with Gasteiger partial charge in [-0.15, -0.1) is 0 Å². The van der Waals surface area contributed by atoms with Gasteiger partial charge in [0.15, 0.2) is 0 Å². The van der Waals surface area contributed by atoms with Crippen molar-refractivity contribution in [2.24, 2.45) is 0 Å². The Labute approximate surface area is 110 Å². The van der Waals surface area contributed by atoms with Crippen LogP contribution in [0.5, 0.6) is 5.75 Å². The van der Waals surface area contributed by atoms with Gasteiger partial charge in [0, 0.05) is 11.1 Å². The van der Waals surface area contributed by atoms with Crippen molar-refractivity contribution in [3.8, 4) is 5.75 Å². The average Bonchev–Trinajstić information content (AvgIpc) is 2.42. The molecular weight excluding hydrogens is 238 g/mol. The van der Waals surface area contributed by atoms with Crippen molar-refractivity contribution in [2.45, 2.75) is 6.92 Å². The molecular formula is C15H13N3O. The topological polar surface area (TPSA) is 58.0 Å². The Morgan fingerprint density at radius 2 is 1.89 bits per heavy atom. The summed E-state index contributed by atoms with van der Waals surface area (Å²) < 4.78 is 0. The van der Waals surface area contributed by atoms with E-state index >= 15 is 0 Å². The summed E-state index contributed by atoms with van der Waals surface area (Å²) >= 11 is 0. The first kappa shape index (κ1) is 11.5. The van der Waals surface area contributed by atoms with Gasteiger partial charge in [-0.3, -0.25) is 0 Å². The number of anilines is 2. The fourth-order valence-corrected chi connectivity index (χ4v) is 2.02. The van der Waals surface area contributed by atoms with Crippen molar-refractivity contribution in [3.63, 3.8) is 0 Å². The Morgan fingerprint density at radius 1 is 1.05 bits per heavy atom. The molecule has 19 heavy (non-hydrogen) atoms. The van der Waals surface area contributed by atoms with Crippen LogP contribution in [0.15, 0.2) is 48.8 Å². The number of rotatable bonds is 2. The predicted molar refractivity (Wildman–Crippen MR) is 75.7 cm³/mol. The third-order valence-electron chi connectivity index (χ3n) is 3.01. The minimum Gasteiger partial charge on any atom is -0.508 e. The molecule has 0 amide bonds. The van der Waals surface area contributed by atoms with Crippen molar-refractivity contribution in [1.29, 1.82) is 0 Å². The Balaban J connectivity index is 2.06. The molecule has 0 saturated carbocycles. The van der Waals surface area contributed by atoms with Gasteiger partial charge in [-0.2, -0.15) is 0 Å². The maximum atomic E-state index is 9.42. The summed E-state index contributed by atoms with van der Waals surface area (Å²) in [6.07, 6.45) is 1.54. The molecule has 0 saturated heterocycles. The van der Waals surface area contributed by atoms with Gasteiger partial charge in [0.1, 0.15) is 17.9 Å². The zero-order valence-electron chi connectivity index (χ0n) is 10.5. The van der Waals surface area contributed by atoms with Crippen molar-refractivity contribution in [1.82, 2.24) is 9.97 Å². The van der Waals surface area contributed by atoms with E-state index in [9.17, 15) is 5.11 Å². The standard InChI is InChI=1S/C15H13N3O/c1-10-8-11(19)6-7-13(10)18-15-12-4-2-3-5-14(12)16-9-17-15/h2-9,19H,1H3,(H,16,17,18). The van der Waals surface area contributed by atoms with E-state index in [1.807, 2.05) is 37.3 Å². The number of phenols is 1. The van der Waals surface area contributed by atoms with Crippen LogP contribution in [0, 0.1) is 6.92 Å². The number of phenolic OH excluding ortho intramolecular Hbond substituents is 1. The molecule has 4 heteroatoms. The minimum atomic E-state index is 0.260. The molecule has 0 aliphatic carbocycles. The van der Waals surface area contributed by atoms with Gasteiger partial charge < -0.3 is 10.4 Å². The highest BCUT2D eigenvalue weighted by atomic mass is 16.3. The van der Waals surface area contributed by atoms with Crippen LogP contribution in [0.25, 0.3) is 10.9 Å². The lowest BCUT2D eigenvalue weighted by Crippen LogP contribution is -1.97. The van der Waals surface area contributed by atoms with E-state index in [1.54, 1.807) is 18.5 Å². The Bertz CT molecular complexity index is 735. The van der Waals surface area contributed by atoms with E-state index in [1.165, 1.54) is 0 Å². The van der Waals surface area contributed by atoms with Gasteiger partial charge in [0.05, 0.1) is 5.52 Å². The largest absolute Gasteiger partial charge is 0.508 e. The number of aromatic nitrogens is 2. The highest BCUT2D eigenvalue weighted by molar-refractivity contribution is 5.90. The molecule has 1 heterocycles. The molecule has 0 unspecified atom stereocenters.